The predicted molar refractivity (Wildman–Crippen MR) is 151 cm³/mol. The molecule has 0 bridgehead atoms. The number of methoxy groups -OCH3 is 2. The fourth-order valence-corrected chi connectivity index (χ4v) is 4.17. The van der Waals surface area contributed by atoms with Crippen molar-refractivity contribution in [2.75, 3.05) is 19.5 Å². The fourth-order valence-electron chi connectivity index (χ4n) is 4.17. The number of ether oxygens (including phenoxy) is 2. The molecule has 0 aliphatic heterocycles. The van der Waals surface area contributed by atoms with Crippen LogP contribution >= 0.6 is 0 Å². The van der Waals surface area contributed by atoms with Crippen LogP contribution < -0.4 is 20.1 Å². The molecule has 10 nitrogen and oxygen atoms in total. The minimum atomic E-state index is -1.06. The first-order valence-electron chi connectivity index (χ1n) is 13.2. The molecule has 214 valence electrons. The summed E-state index contributed by atoms with van der Waals surface area (Å²) in [4.78, 5) is 42.0. The van der Waals surface area contributed by atoms with Gasteiger partial charge in [-0.1, -0.05) is 54.5 Å². The van der Waals surface area contributed by atoms with Gasteiger partial charge in [-0.15, -0.1) is 0 Å². The van der Waals surface area contributed by atoms with Crippen LogP contribution in [0, 0.1) is 6.92 Å². The number of nitrogens with one attached hydrogen (secondary N) is 2. The highest BCUT2D eigenvalue weighted by molar-refractivity contribution is 5.94. The number of hydrogen-bond donors (Lipinski definition) is 2. The van der Waals surface area contributed by atoms with Crippen molar-refractivity contribution in [2.45, 2.75) is 65.1 Å². The first-order chi connectivity index (χ1) is 19.1. The molecule has 1 aromatic heterocycles. The van der Waals surface area contributed by atoms with Gasteiger partial charge in [0.1, 0.15) is 11.8 Å². The normalized spacial score (nSPS) is 11.8. The lowest BCUT2D eigenvalue weighted by atomic mass is 9.97. The molecular weight excluding hydrogens is 512 g/mol. The van der Waals surface area contributed by atoms with Gasteiger partial charge in [0.05, 0.1) is 14.2 Å². The van der Waals surface area contributed by atoms with Crippen LogP contribution in [0.4, 0.5) is 5.82 Å². The van der Waals surface area contributed by atoms with E-state index in [2.05, 4.69) is 15.8 Å². The summed E-state index contributed by atoms with van der Waals surface area (Å²) < 4.78 is 16.2. The van der Waals surface area contributed by atoms with Crippen LogP contribution in [-0.2, 0) is 20.9 Å². The number of benzene rings is 2. The van der Waals surface area contributed by atoms with Crippen molar-refractivity contribution < 1.29 is 28.4 Å². The quantitative estimate of drug-likeness (QED) is 0.314. The van der Waals surface area contributed by atoms with Crippen molar-refractivity contribution in [3.63, 3.8) is 0 Å². The molecule has 0 unspecified atom stereocenters. The Bertz CT molecular complexity index is 1300. The maximum atomic E-state index is 14.0. The van der Waals surface area contributed by atoms with Gasteiger partial charge >= 0.3 is 0 Å². The molecule has 0 fully saturated rings. The third kappa shape index (κ3) is 7.84. The Morgan fingerprint density at radius 3 is 2.35 bits per heavy atom. The summed E-state index contributed by atoms with van der Waals surface area (Å²) in [6.07, 6.45) is 0.428. The summed E-state index contributed by atoms with van der Waals surface area (Å²) in [5.74, 6) is 0.465. The molecule has 1 heterocycles. The van der Waals surface area contributed by atoms with Crippen LogP contribution in [0.25, 0.3) is 0 Å². The van der Waals surface area contributed by atoms with Crippen LogP contribution in [0.5, 0.6) is 11.5 Å². The second-order valence-electron chi connectivity index (χ2n) is 10.1. The minimum Gasteiger partial charge on any atom is -0.493 e. The molecule has 0 aliphatic carbocycles. The van der Waals surface area contributed by atoms with E-state index in [0.29, 0.717) is 29.2 Å². The Morgan fingerprint density at radius 1 is 1.02 bits per heavy atom. The van der Waals surface area contributed by atoms with Gasteiger partial charge in [0.25, 0.3) is 0 Å². The largest absolute Gasteiger partial charge is 0.493 e. The number of nitrogens with zero attached hydrogens (tertiary/aromatic N) is 2. The summed E-state index contributed by atoms with van der Waals surface area (Å²) in [6, 6.07) is 15.1. The lowest BCUT2D eigenvalue weighted by Gasteiger charge is -2.35. The molecule has 2 aromatic carbocycles. The fraction of sp³-hybridized carbons (Fsp3) is 0.400. The molecule has 40 heavy (non-hydrogen) atoms. The molecule has 0 spiro atoms. The first kappa shape index (κ1) is 30.2. The maximum Gasteiger partial charge on any atom is 0.248 e. The smallest absolute Gasteiger partial charge is 0.248 e. The molecule has 3 aromatic rings. The van der Waals surface area contributed by atoms with Crippen molar-refractivity contribution in [1.82, 2.24) is 15.4 Å². The van der Waals surface area contributed by atoms with E-state index in [4.69, 9.17) is 14.0 Å². The lowest BCUT2D eigenvalue weighted by molar-refractivity contribution is -0.143. The van der Waals surface area contributed by atoms with E-state index in [1.807, 2.05) is 51.1 Å². The van der Waals surface area contributed by atoms with Gasteiger partial charge in [-0.3, -0.25) is 14.4 Å². The zero-order chi connectivity index (χ0) is 29.3. The van der Waals surface area contributed by atoms with E-state index < -0.39 is 17.5 Å². The second kappa shape index (κ2) is 13.6. The average molecular weight is 551 g/mol. The second-order valence-corrected chi connectivity index (χ2v) is 10.1. The van der Waals surface area contributed by atoms with Crippen LogP contribution in [0.1, 0.15) is 63.0 Å². The Balaban J connectivity index is 2.01. The number of aryl methyl sites for hydroxylation is 1. The Hall–Kier alpha value is -4.34. The van der Waals surface area contributed by atoms with E-state index in [0.717, 1.165) is 5.56 Å². The van der Waals surface area contributed by atoms with Crippen LogP contribution in [0.3, 0.4) is 0 Å². The van der Waals surface area contributed by atoms with E-state index in [-0.39, 0.29) is 37.0 Å². The van der Waals surface area contributed by atoms with Gasteiger partial charge in [-0.2, -0.15) is 0 Å². The Kier molecular flexibility index (Phi) is 10.3. The molecule has 0 saturated heterocycles. The summed E-state index contributed by atoms with van der Waals surface area (Å²) in [5.41, 5.74) is 0.768. The number of anilines is 1. The van der Waals surface area contributed by atoms with Crippen LogP contribution in [-0.4, -0.2) is 47.5 Å². The Labute approximate surface area is 235 Å². The topological polar surface area (TPSA) is 123 Å². The van der Waals surface area contributed by atoms with Crippen molar-refractivity contribution in [1.29, 1.82) is 0 Å². The van der Waals surface area contributed by atoms with Gasteiger partial charge in [0, 0.05) is 36.6 Å². The summed E-state index contributed by atoms with van der Waals surface area (Å²) in [7, 11) is 3.00. The van der Waals surface area contributed by atoms with Crippen molar-refractivity contribution in [3.05, 3.63) is 71.5 Å². The van der Waals surface area contributed by atoms with Gasteiger partial charge in [-0.05, 0) is 38.8 Å². The van der Waals surface area contributed by atoms with E-state index in [1.165, 1.54) is 19.1 Å². The van der Waals surface area contributed by atoms with Crippen LogP contribution in [0.2, 0.25) is 0 Å². The highest BCUT2D eigenvalue weighted by Gasteiger charge is 2.36. The monoisotopic (exact) mass is 550 g/mol. The molecular formula is C30H38N4O6. The summed E-state index contributed by atoms with van der Waals surface area (Å²) in [6.45, 7) is 7.66. The minimum absolute atomic E-state index is 0.111. The third-order valence-corrected chi connectivity index (χ3v) is 6.61. The van der Waals surface area contributed by atoms with Gasteiger partial charge in [0.15, 0.2) is 17.3 Å². The SMILES string of the molecule is CCC(C)(C)NC(=O)[C@@H](c1cccc(OC)c1OC)N(Cc1ccccc1)C(=O)CCC(=O)Nc1cc(C)on1. The molecule has 0 aliphatic rings. The number of carbonyl (C=O) groups is 3. The van der Waals surface area contributed by atoms with Crippen molar-refractivity contribution in [3.8, 4) is 11.5 Å². The van der Waals surface area contributed by atoms with Crippen LogP contribution in [0.15, 0.2) is 59.1 Å². The molecule has 2 N–H and O–H groups in total. The highest BCUT2D eigenvalue weighted by Crippen LogP contribution is 2.38. The molecule has 0 radical (unpaired) electrons. The number of para-hydroxylation sites is 1. The molecule has 10 heteroatoms. The highest BCUT2D eigenvalue weighted by atomic mass is 16.5. The first-order valence-corrected chi connectivity index (χ1v) is 13.2. The zero-order valence-corrected chi connectivity index (χ0v) is 23.9. The Morgan fingerprint density at radius 2 is 1.75 bits per heavy atom. The van der Waals surface area contributed by atoms with E-state index >= 15 is 0 Å². The summed E-state index contributed by atoms with van der Waals surface area (Å²) in [5, 5.41) is 9.48. The zero-order valence-electron chi connectivity index (χ0n) is 23.9. The van der Waals surface area contributed by atoms with E-state index in [1.54, 1.807) is 31.2 Å². The van der Waals surface area contributed by atoms with Gasteiger partial charge in [-0.25, -0.2) is 0 Å². The summed E-state index contributed by atoms with van der Waals surface area (Å²) >= 11 is 0. The molecule has 3 amide bonds. The molecule has 1 atom stereocenters. The number of rotatable bonds is 13. The van der Waals surface area contributed by atoms with Gasteiger partial charge in [0.2, 0.25) is 17.7 Å². The number of aromatic nitrogens is 1. The van der Waals surface area contributed by atoms with Crippen molar-refractivity contribution in [2.24, 2.45) is 0 Å². The third-order valence-electron chi connectivity index (χ3n) is 6.61. The molecule has 0 saturated carbocycles. The average Bonchev–Trinajstić information content (AvgIpc) is 3.35. The molecule has 3 rings (SSSR count). The maximum absolute atomic E-state index is 14.0. The van der Waals surface area contributed by atoms with Crippen molar-refractivity contribution >= 4 is 23.5 Å². The predicted octanol–water partition coefficient (Wildman–Crippen LogP) is 4.79. The standard InChI is InChI=1S/C30H38N4O6/c1-7-30(3,4)32-29(37)27(22-14-11-15-23(38-5)28(22)39-6)34(19-21-12-9-8-10-13-21)26(36)17-16-25(35)31-24-18-20(2)40-33-24/h8-15,18,27H,7,16-17,19H2,1-6H3,(H,32,37)(H,31,33,35)/t27-/m1/s1. The van der Waals surface area contributed by atoms with E-state index in [9.17, 15) is 14.4 Å². The number of hydrogen-bond acceptors (Lipinski definition) is 7. The lowest BCUT2D eigenvalue weighted by Crippen LogP contribution is -2.50. The number of carbonyl (C=O) groups excluding carboxylic acids is 3. The number of amides is 3. The van der Waals surface area contributed by atoms with Gasteiger partial charge < -0.3 is 29.5 Å².